The van der Waals surface area contributed by atoms with Crippen LogP contribution < -0.4 is 25.0 Å². The molecule has 0 aliphatic carbocycles. The molecule has 0 unspecified atom stereocenters. The molecule has 1 aliphatic rings. The fourth-order valence-electron chi connectivity index (χ4n) is 4.32. The van der Waals surface area contributed by atoms with Gasteiger partial charge >= 0.3 is 0 Å². The second-order valence-corrected chi connectivity index (χ2v) is 8.78. The van der Waals surface area contributed by atoms with E-state index >= 15 is 0 Å². The third-order valence-corrected chi connectivity index (χ3v) is 6.33. The Kier molecular flexibility index (Phi) is 8.40. The largest absolute Gasteiger partial charge is 0.496 e. The van der Waals surface area contributed by atoms with Crippen LogP contribution in [0.25, 0.3) is 0 Å². The number of hydrogen-bond donors (Lipinski definition) is 2. The van der Waals surface area contributed by atoms with Crippen LogP contribution >= 0.6 is 0 Å². The van der Waals surface area contributed by atoms with E-state index in [1.165, 1.54) is 0 Å². The number of nitrogens with zero attached hydrogens (tertiary/aromatic N) is 1. The maximum absolute atomic E-state index is 12.7. The molecule has 0 radical (unpaired) electrons. The number of rotatable bonds is 10. The van der Waals surface area contributed by atoms with Crippen LogP contribution in [0.15, 0.2) is 72.8 Å². The average Bonchev–Trinajstić information content (AvgIpc) is 3.32. The highest BCUT2D eigenvalue weighted by atomic mass is 16.5. The summed E-state index contributed by atoms with van der Waals surface area (Å²) in [5, 5.41) is 5.79. The molecule has 1 fully saturated rings. The zero-order valence-corrected chi connectivity index (χ0v) is 21.0. The molecule has 8 heteroatoms. The highest BCUT2D eigenvalue weighted by molar-refractivity contribution is 6.00. The van der Waals surface area contributed by atoms with Crippen molar-refractivity contribution >= 4 is 29.1 Å². The van der Waals surface area contributed by atoms with Crippen molar-refractivity contribution in [3.63, 3.8) is 0 Å². The van der Waals surface area contributed by atoms with Crippen LogP contribution in [-0.2, 0) is 27.3 Å². The van der Waals surface area contributed by atoms with E-state index in [2.05, 4.69) is 10.6 Å². The number of methoxy groups -OCH3 is 1. The molecule has 192 valence electrons. The van der Waals surface area contributed by atoms with Crippen molar-refractivity contribution in [1.29, 1.82) is 0 Å². The third-order valence-electron chi connectivity index (χ3n) is 6.33. The molecule has 1 saturated heterocycles. The predicted molar refractivity (Wildman–Crippen MR) is 142 cm³/mol. The van der Waals surface area contributed by atoms with E-state index in [0.29, 0.717) is 30.3 Å². The molecule has 0 bridgehead atoms. The molecule has 0 aromatic heterocycles. The number of carbonyl (C=O) groups excluding carboxylic acids is 3. The van der Waals surface area contributed by atoms with Crippen molar-refractivity contribution in [3.8, 4) is 11.5 Å². The van der Waals surface area contributed by atoms with E-state index in [1.807, 2.05) is 55.5 Å². The number of ether oxygens (including phenoxy) is 2. The smallest absolute Gasteiger partial charge is 0.262 e. The molecule has 3 amide bonds. The molecular weight excluding hydrogens is 470 g/mol. The van der Waals surface area contributed by atoms with E-state index < -0.39 is 5.92 Å². The summed E-state index contributed by atoms with van der Waals surface area (Å²) in [6, 6.07) is 22.1. The van der Waals surface area contributed by atoms with Crippen molar-refractivity contribution in [3.05, 3.63) is 83.9 Å². The van der Waals surface area contributed by atoms with Crippen molar-refractivity contribution in [2.75, 3.05) is 30.5 Å². The molecule has 2 N–H and O–H groups in total. The van der Waals surface area contributed by atoms with Gasteiger partial charge in [-0.1, -0.05) is 43.3 Å². The highest BCUT2D eigenvalue weighted by Gasteiger charge is 2.35. The normalized spacial score (nSPS) is 14.8. The molecule has 1 heterocycles. The number of carbonyl (C=O) groups is 3. The minimum absolute atomic E-state index is 0.111. The number of amides is 3. The maximum Gasteiger partial charge on any atom is 0.262 e. The number of hydrogen-bond acceptors (Lipinski definition) is 5. The average molecular weight is 502 g/mol. The van der Waals surface area contributed by atoms with Gasteiger partial charge in [0.05, 0.1) is 13.0 Å². The molecule has 4 rings (SSSR count). The lowest BCUT2D eigenvalue weighted by atomic mass is 10.1. The maximum atomic E-state index is 12.7. The molecule has 0 saturated carbocycles. The first-order chi connectivity index (χ1) is 18.0. The standard InChI is InChI=1S/C29H31N3O5/c1-3-20-8-4-6-10-25(20)31-27(33)19-37-24-14-12-23(13-15-24)32-18-22(16-28(32)34)29(35)30-17-21-9-5-7-11-26(21)36-2/h4-15,22H,3,16-19H2,1-2H3,(H,30,35)(H,31,33)/t22-/m0/s1. The van der Waals surface area contributed by atoms with Crippen LogP contribution in [0.4, 0.5) is 11.4 Å². The molecule has 8 nitrogen and oxygen atoms in total. The van der Waals surface area contributed by atoms with Gasteiger partial charge in [0.2, 0.25) is 11.8 Å². The highest BCUT2D eigenvalue weighted by Crippen LogP contribution is 2.27. The predicted octanol–water partition coefficient (Wildman–Crippen LogP) is 3.94. The zero-order chi connectivity index (χ0) is 26.2. The van der Waals surface area contributed by atoms with Crippen molar-refractivity contribution < 1.29 is 23.9 Å². The second kappa shape index (κ2) is 12.1. The zero-order valence-electron chi connectivity index (χ0n) is 21.0. The fraction of sp³-hybridized carbons (Fsp3) is 0.276. The minimum atomic E-state index is -0.437. The molecule has 3 aromatic rings. The van der Waals surface area contributed by atoms with Crippen LogP contribution in [0, 0.1) is 5.92 Å². The van der Waals surface area contributed by atoms with Crippen LogP contribution in [0.3, 0.4) is 0 Å². The summed E-state index contributed by atoms with van der Waals surface area (Å²) in [4.78, 5) is 39.3. The van der Waals surface area contributed by atoms with Crippen LogP contribution in [-0.4, -0.2) is 38.0 Å². The summed E-state index contributed by atoms with van der Waals surface area (Å²) >= 11 is 0. The molecule has 0 spiro atoms. The van der Waals surface area contributed by atoms with Crippen LogP contribution in [0.1, 0.15) is 24.5 Å². The van der Waals surface area contributed by atoms with Crippen molar-refractivity contribution in [2.24, 2.45) is 5.92 Å². The Hall–Kier alpha value is -4.33. The van der Waals surface area contributed by atoms with Gasteiger partial charge in [-0.2, -0.15) is 0 Å². The van der Waals surface area contributed by atoms with Gasteiger partial charge in [0.15, 0.2) is 6.61 Å². The topological polar surface area (TPSA) is 97.0 Å². The molecule has 1 aliphatic heterocycles. The Balaban J connectivity index is 1.28. The Labute approximate surface area is 216 Å². The first kappa shape index (κ1) is 25.8. The SMILES string of the molecule is CCc1ccccc1NC(=O)COc1ccc(N2C[C@@H](C(=O)NCc3ccccc3OC)CC2=O)cc1. The molecule has 3 aromatic carbocycles. The summed E-state index contributed by atoms with van der Waals surface area (Å²) in [5.41, 5.74) is 3.39. The number of anilines is 2. The minimum Gasteiger partial charge on any atom is -0.496 e. The summed E-state index contributed by atoms with van der Waals surface area (Å²) in [5.74, 6) is 0.255. The Bertz CT molecular complexity index is 1260. The lowest BCUT2D eigenvalue weighted by Crippen LogP contribution is -2.32. The van der Waals surface area contributed by atoms with Crippen LogP contribution in [0.2, 0.25) is 0 Å². The van der Waals surface area contributed by atoms with Gasteiger partial charge in [-0.25, -0.2) is 0 Å². The second-order valence-electron chi connectivity index (χ2n) is 8.78. The molecule has 1 atom stereocenters. The van der Waals surface area contributed by atoms with Gasteiger partial charge in [0.25, 0.3) is 5.91 Å². The lowest BCUT2D eigenvalue weighted by Gasteiger charge is -2.17. The van der Waals surface area contributed by atoms with Gasteiger partial charge in [0, 0.05) is 36.4 Å². The first-order valence-electron chi connectivity index (χ1n) is 12.3. The van der Waals surface area contributed by atoms with Gasteiger partial charge in [0.1, 0.15) is 11.5 Å². The number of nitrogens with one attached hydrogen (secondary N) is 2. The van der Waals surface area contributed by atoms with E-state index in [9.17, 15) is 14.4 Å². The lowest BCUT2D eigenvalue weighted by molar-refractivity contribution is -0.126. The number of aryl methyl sites for hydroxylation is 1. The molecule has 37 heavy (non-hydrogen) atoms. The Morgan fingerprint density at radius 1 is 0.973 bits per heavy atom. The van der Waals surface area contributed by atoms with E-state index in [-0.39, 0.29) is 30.7 Å². The van der Waals surface area contributed by atoms with Gasteiger partial charge < -0.3 is 25.0 Å². The monoisotopic (exact) mass is 501 g/mol. The van der Waals surface area contributed by atoms with Crippen molar-refractivity contribution in [1.82, 2.24) is 5.32 Å². The van der Waals surface area contributed by atoms with E-state index in [4.69, 9.17) is 9.47 Å². The number of para-hydroxylation sites is 2. The first-order valence-corrected chi connectivity index (χ1v) is 12.3. The summed E-state index contributed by atoms with van der Waals surface area (Å²) in [6.07, 6.45) is 0.966. The van der Waals surface area contributed by atoms with Crippen molar-refractivity contribution in [2.45, 2.75) is 26.3 Å². The van der Waals surface area contributed by atoms with E-state index in [0.717, 1.165) is 23.2 Å². The quantitative estimate of drug-likeness (QED) is 0.439. The molecular formula is C29H31N3O5. The van der Waals surface area contributed by atoms with Gasteiger partial charge in [-0.05, 0) is 48.4 Å². The van der Waals surface area contributed by atoms with Gasteiger partial charge in [-0.3, -0.25) is 14.4 Å². The third kappa shape index (κ3) is 6.46. The summed E-state index contributed by atoms with van der Waals surface area (Å²) < 4.78 is 10.9. The Morgan fingerprint density at radius 3 is 2.41 bits per heavy atom. The number of benzene rings is 3. The van der Waals surface area contributed by atoms with Crippen LogP contribution in [0.5, 0.6) is 11.5 Å². The van der Waals surface area contributed by atoms with E-state index in [1.54, 1.807) is 36.3 Å². The summed E-state index contributed by atoms with van der Waals surface area (Å²) in [7, 11) is 1.59. The fourth-order valence-corrected chi connectivity index (χ4v) is 4.32. The summed E-state index contributed by atoms with van der Waals surface area (Å²) in [6.45, 7) is 2.53. The Morgan fingerprint density at radius 2 is 1.68 bits per heavy atom. The van der Waals surface area contributed by atoms with Gasteiger partial charge in [-0.15, -0.1) is 0 Å².